The van der Waals surface area contributed by atoms with Crippen molar-refractivity contribution in [3.63, 3.8) is 0 Å². The summed E-state index contributed by atoms with van der Waals surface area (Å²) in [5.41, 5.74) is 0.771. The molecule has 2 rings (SSSR count). The molecule has 1 amide bonds. The minimum Gasteiger partial charge on any atom is -0.325 e. The first-order valence-electron chi connectivity index (χ1n) is 7.66. The number of sulfonamides is 1. The molecule has 0 aliphatic carbocycles. The molecule has 9 heteroatoms. The van der Waals surface area contributed by atoms with Gasteiger partial charge in [0.15, 0.2) is 0 Å². The highest BCUT2D eigenvalue weighted by molar-refractivity contribution is 9.10. The number of halogens is 2. The molecule has 1 atom stereocenters. The quantitative estimate of drug-likeness (QED) is 0.717. The normalized spacial score (nSPS) is 12.8. The number of nitrogens with two attached hydrogens (primary N) is 1. The molecule has 0 radical (unpaired) electrons. The highest BCUT2D eigenvalue weighted by atomic mass is 79.9. The Hall–Kier alpha value is -1.81. The van der Waals surface area contributed by atoms with Crippen LogP contribution in [0, 0.1) is 5.82 Å². The van der Waals surface area contributed by atoms with Crippen molar-refractivity contribution in [1.82, 2.24) is 4.90 Å². The first-order chi connectivity index (χ1) is 12.1. The van der Waals surface area contributed by atoms with Gasteiger partial charge >= 0.3 is 0 Å². The fourth-order valence-electron chi connectivity index (χ4n) is 2.27. The van der Waals surface area contributed by atoms with Crippen molar-refractivity contribution >= 4 is 37.5 Å². The van der Waals surface area contributed by atoms with Gasteiger partial charge in [0.2, 0.25) is 15.9 Å². The summed E-state index contributed by atoms with van der Waals surface area (Å²) in [6.45, 7) is 1.91. The van der Waals surface area contributed by atoms with Crippen LogP contribution < -0.4 is 10.5 Å². The molecule has 2 aromatic rings. The van der Waals surface area contributed by atoms with Gasteiger partial charge in [0, 0.05) is 22.3 Å². The van der Waals surface area contributed by atoms with E-state index in [0.29, 0.717) is 11.3 Å². The number of carbonyl (C=O) groups is 1. The van der Waals surface area contributed by atoms with Crippen molar-refractivity contribution < 1.29 is 17.6 Å². The zero-order chi connectivity index (χ0) is 19.5. The van der Waals surface area contributed by atoms with Crippen molar-refractivity contribution in [3.05, 3.63) is 58.3 Å². The number of benzene rings is 2. The maximum atomic E-state index is 13.9. The van der Waals surface area contributed by atoms with Gasteiger partial charge in [0.25, 0.3) is 0 Å². The van der Waals surface area contributed by atoms with E-state index in [9.17, 15) is 17.6 Å². The number of likely N-dealkylation sites (N-methyl/N-ethyl adjacent to an activating group) is 1. The number of carbonyl (C=O) groups excluding carboxylic acids is 1. The zero-order valence-corrected chi connectivity index (χ0v) is 16.6. The molecule has 6 nitrogen and oxygen atoms in total. The summed E-state index contributed by atoms with van der Waals surface area (Å²) in [5, 5.41) is 7.73. The Morgan fingerprint density at radius 2 is 2.00 bits per heavy atom. The van der Waals surface area contributed by atoms with Gasteiger partial charge < -0.3 is 5.32 Å². The van der Waals surface area contributed by atoms with Crippen LogP contribution in [-0.2, 0) is 21.4 Å². The third-order valence-corrected chi connectivity index (χ3v) is 5.30. The predicted molar refractivity (Wildman–Crippen MR) is 101 cm³/mol. The summed E-state index contributed by atoms with van der Waals surface area (Å²) < 4.78 is 37.4. The number of primary sulfonamides is 1. The highest BCUT2D eigenvalue weighted by Gasteiger charge is 2.20. The van der Waals surface area contributed by atoms with Crippen LogP contribution in [-0.4, -0.2) is 32.3 Å². The summed E-state index contributed by atoms with van der Waals surface area (Å²) in [6.07, 6.45) is 0. The molecular weight excluding hydrogens is 425 g/mol. The van der Waals surface area contributed by atoms with E-state index >= 15 is 0 Å². The van der Waals surface area contributed by atoms with Crippen molar-refractivity contribution in [1.29, 1.82) is 0 Å². The fraction of sp³-hybridized carbons (Fsp3) is 0.235. The lowest BCUT2D eigenvalue weighted by Crippen LogP contribution is -2.39. The van der Waals surface area contributed by atoms with E-state index < -0.39 is 16.1 Å². The molecule has 0 saturated carbocycles. The van der Waals surface area contributed by atoms with E-state index in [4.69, 9.17) is 5.14 Å². The molecule has 0 aromatic heterocycles. The van der Waals surface area contributed by atoms with E-state index in [2.05, 4.69) is 21.2 Å². The Bertz CT molecular complexity index is 921. The molecule has 2 aromatic carbocycles. The lowest BCUT2D eigenvalue weighted by atomic mass is 10.1. The van der Waals surface area contributed by atoms with Gasteiger partial charge in [-0.2, -0.15) is 0 Å². The van der Waals surface area contributed by atoms with E-state index in [0.717, 1.165) is 4.47 Å². The SMILES string of the molecule is CC(C(=O)Nc1cccc(S(N)(=O)=O)c1)N(C)Cc1cc(Br)ccc1F. The lowest BCUT2D eigenvalue weighted by Gasteiger charge is -2.24. The Labute approximate surface area is 160 Å². The van der Waals surface area contributed by atoms with Crippen molar-refractivity contribution in [2.24, 2.45) is 5.14 Å². The molecule has 140 valence electrons. The largest absolute Gasteiger partial charge is 0.325 e. The fourth-order valence-corrected chi connectivity index (χ4v) is 3.24. The van der Waals surface area contributed by atoms with Crippen molar-refractivity contribution in [2.75, 3.05) is 12.4 Å². The Morgan fingerprint density at radius 3 is 2.65 bits per heavy atom. The van der Waals surface area contributed by atoms with Crippen LogP contribution in [0.25, 0.3) is 0 Å². The summed E-state index contributed by atoms with van der Waals surface area (Å²) in [6, 6.07) is 9.72. The number of hydrogen-bond acceptors (Lipinski definition) is 4. The average molecular weight is 444 g/mol. The topological polar surface area (TPSA) is 92.5 Å². The van der Waals surface area contributed by atoms with E-state index in [1.54, 1.807) is 37.1 Å². The van der Waals surface area contributed by atoms with Crippen LogP contribution >= 0.6 is 15.9 Å². The minimum atomic E-state index is -3.86. The zero-order valence-electron chi connectivity index (χ0n) is 14.2. The molecule has 1 unspecified atom stereocenters. The molecular formula is C17H19BrFN3O3S. The number of anilines is 1. The molecule has 0 spiro atoms. The lowest BCUT2D eigenvalue weighted by molar-refractivity contribution is -0.120. The van der Waals surface area contributed by atoms with Crippen molar-refractivity contribution in [3.8, 4) is 0 Å². The van der Waals surface area contributed by atoms with Crippen LogP contribution in [0.3, 0.4) is 0 Å². The van der Waals surface area contributed by atoms with Gasteiger partial charge in [-0.1, -0.05) is 22.0 Å². The molecule has 0 heterocycles. The second kappa shape index (κ2) is 8.26. The van der Waals surface area contributed by atoms with Crippen LogP contribution in [0.2, 0.25) is 0 Å². The average Bonchev–Trinajstić information content (AvgIpc) is 2.56. The second-order valence-corrected chi connectivity index (χ2v) is 8.37. The molecule has 26 heavy (non-hydrogen) atoms. The second-order valence-electron chi connectivity index (χ2n) is 5.89. The van der Waals surface area contributed by atoms with Gasteiger partial charge in [-0.05, 0) is 50.4 Å². The van der Waals surface area contributed by atoms with E-state index in [1.807, 2.05) is 0 Å². The van der Waals surface area contributed by atoms with Gasteiger partial charge in [-0.3, -0.25) is 9.69 Å². The number of nitrogens with zero attached hydrogens (tertiary/aromatic N) is 1. The standard InChI is InChI=1S/C17H19BrFN3O3S/c1-11(22(2)10-12-8-13(18)6-7-16(12)19)17(23)21-14-4-3-5-15(9-14)26(20,24)25/h3-9,11H,10H2,1-2H3,(H,21,23)(H2,20,24,25). The Kier molecular flexibility index (Phi) is 6.51. The summed E-state index contributed by atoms with van der Waals surface area (Å²) in [4.78, 5) is 14.0. The van der Waals surface area contributed by atoms with Gasteiger partial charge in [0.05, 0.1) is 10.9 Å². The summed E-state index contributed by atoms with van der Waals surface area (Å²) in [7, 11) is -2.16. The summed E-state index contributed by atoms with van der Waals surface area (Å²) >= 11 is 3.30. The molecule has 0 bridgehead atoms. The monoisotopic (exact) mass is 443 g/mol. The van der Waals surface area contributed by atoms with Crippen molar-refractivity contribution in [2.45, 2.75) is 24.4 Å². The Morgan fingerprint density at radius 1 is 1.31 bits per heavy atom. The Balaban J connectivity index is 2.08. The number of amides is 1. The molecule has 0 saturated heterocycles. The first-order valence-corrected chi connectivity index (χ1v) is 10.00. The van der Waals surface area contributed by atoms with Crippen LogP contribution in [0.5, 0.6) is 0 Å². The molecule has 0 aliphatic heterocycles. The molecule has 0 aliphatic rings. The van der Waals surface area contributed by atoms with Gasteiger partial charge in [-0.25, -0.2) is 17.9 Å². The summed E-state index contributed by atoms with van der Waals surface area (Å²) in [5.74, 6) is -0.706. The maximum Gasteiger partial charge on any atom is 0.241 e. The third kappa shape index (κ3) is 5.34. The van der Waals surface area contributed by atoms with Crippen LogP contribution in [0.1, 0.15) is 12.5 Å². The van der Waals surface area contributed by atoms with Crippen LogP contribution in [0.4, 0.5) is 10.1 Å². The van der Waals surface area contributed by atoms with E-state index in [-0.39, 0.29) is 23.2 Å². The number of rotatable bonds is 6. The van der Waals surface area contributed by atoms with Crippen LogP contribution in [0.15, 0.2) is 51.8 Å². The third-order valence-electron chi connectivity index (χ3n) is 3.90. The highest BCUT2D eigenvalue weighted by Crippen LogP contribution is 2.19. The van der Waals surface area contributed by atoms with Gasteiger partial charge in [0.1, 0.15) is 5.82 Å². The number of hydrogen-bond donors (Lipinski definition) is 2. The van der Waals surface area contributed by atoms with Gasteiger partial charge in [-0.15, -0.1) is 0 Å². The van der Waals surface area contributed by atoms with E-state index in [1.165, 1.54) is 24.3 Å². The predicted octanol–water partition coefficient (Wildman–Crippen LogP) is 2.69. The molecule has 3 N–H and O–H groups in total. The first kappa shape index (κ1) is 20.5. The minimum absolute atomic E-state index is 0.0903. The maximum absolute atomic E-state index is 13.9. The molecule has 0 fully saturated rings. The number of nitrogens with one attached hydrogen (secondary N) is 1. The smallest absolute Gasteiger partial charge is 0.241 e.